The van der Waals surface area contributed by atoms with Crippen molar-refractivity contribution in [3.05, 3.63) is 74.7 Å². The Morgan fingerprint density at radius 3 is 1.48 bits per heavy atom. The number of rotatable bonds is 3. The van der Waals surface area contributed by atoms with E-state index in [9.17, 15) is 0 Å². The molecule has 0 radical (unpaired) electrons. The lowest BCUT2D eigenvalue weighted by Gasteiger charge is -2.11. The minimum absolute atomic E-state index is 0.515. The van der Waals surface area contributed by atoms with Crippen LogP contribution in [-0.2, 0) is 0 Å². The molecular formula is C24H23Br2N. The van der Waals surface area contributed by atoms with Crippen molar-refractivity contribution in [2.45, 2.75) is 39.5 Å². The molecule has 0 bridgehead atoms. The lowest BCUT2D eigenvalue weighted by atomic mass is 9.98. The Labute approximate surface area is 177 Å². The van der Waals surface area contributed by atoms with Crippen molar-refractivity contribution < 1.29 is 0 Å². The number of halogens is 2. The quantitative estimate of drug-likeness (QED) is 0.274. The van der Waals surface area contributed by atoms with Crippen LogP contribution in [0.25, 0.3) is 27.5 Å². The van der Waals surface area contributed by atoms with Crippen LogP contribution in [0.2, 0.25) is 0 Å². The van der Waals surface area contributed by atoms with Gasteiger partial charge in [0.1, 0.15) is 0 Å². The summed E-state index contributed by atoms with van der Waals surface area (Å²) in [7, 11) is 0. The number of aromatic nitrogens is 1. The molecule has 0 aliphatic carbocycles. The number of nitrogens with zero attached hydrogens (tertiary/aromatic N) is 1. The van der Waals surface area contributed by atoms with E-state index in [0.717, 1.165) is 14.6 Å². The van der Waals surface area contributed by atoms with Crippen LogP contribution in [-0.4, -0.2) is 4.57 Å². The fourth-order valence-corrected chi connectivity index (χ4v) is 4.99. The van der Waals surface area contributed by atoms with Crippen molar-refractivity contribution in [2.75, 3.05) is 0 Å². The van der Waals surface area contributed by atoms with E-state index in [4.69, 9.17) is 0 Å². The average Bonchev–Trinajstić information content (AvgIpc) is 2.93. The maximum Gasteiger partial charge on any atom is 0.0541 e. The van der Waals surface area contributed by atoms with Crippen LogP contribution in [0.3, 0.4) is 0 Å². The molecule has 4 aromatic rings. The predicted molar refractivity (Wildman–Crippen MR) is 124 cm³/mol. The molecule has 0 fully saturated rings. The van der Waals surface area contributed by atoms with Crippen molar-refractivity contribution in [3.63, 3.8) is 0 Å². The van der Waals surface area contributed by atoms with Crippen molar-refractivity contribution >= 4 is 53.7 Å². The average molecular weight is 485 g/mol. The minimum atomic E-state index is 0.515. The van der Waals surface area contributed by atoms with E-state index in [1.54, 1.807) is 0 Å². The second-order valence-electron chi connectivity index (χ2n) is 7.83. The first-order valence-corrected chi connectivity index (χ1v) is 11.0. The molecule has 0 aliphatic heterocycles. The zero-order valence-corrected chi connectivity index (χ0v) is 19.2. The van der Waals surface area contributed by atoms with Crippen LogP contribution in [0, 0.1) is 0 Å². The van der Waals surface area contributed by atoms with Gasteiger partial charge in [-0.05, 0) is 65.4 Å². The van der Waals surface area contributed by atoms with E-state index >= 15 is 0 Å². The summed E-state index contributed by atoms with van der Waals surface area (Å²) in [4.78, 5) is 0. The van der Waals surface area contributed by atoms with E-state index in [1.165, 1.54) is 32.9 Å². The molecule has 0 amide bonds. The summed E-state index contributed by atoms with van der Waals surface area (Å²) in [6.07, 6.45) is 0. The van der Waals surface area contributed by atoms with Gasteiger partial charge in [0, 0.05) is 25.4 Å². The predicted octanol–water partition coefficient (Wildman–Crippen LogP) is 8.56. The highest BCUT2D eigenvalue weighted by Gasteiger charge is 2.15. The summed E-state index contributed by atoms with van der Waals surface area (Å²) in [5.41, 5.74) is 6.42. The second kappa shape index (κ2) is 7.10. The summed E-state index contributed by atoms with van der Waals surface area (Å²) >= 11 is 7.29. The first-order chi connectivity index (χ1) is 12.8. The smallest absolute Gasteiger partial charge is 0.0541 e. The molecule has 0 saturated heterocycles. The van der Waals surface area contributed by atoms with Crippen molar-refractivity contribution in [1.29, 1.82) is 0 Å². The standard InChI is InChI=1S/C24H23Br2N/c1-14(2)16-5-7-23-21(9-16)22-10-17(15(3)4)6-8-24(22)27(23)20-12-18(25)11-19(26)13-20/h5-15H,1-4H3. The molecule has 3 heteroatoms. The third-order valence-corrected chi connectivity index (χ3v) is 6.17. The van der Waals surface area contributed by atoms with Crippen LogP contribution < -0.4 is 0 Å². The minimum Gasteiger partial charge on any atom is -0.309 e. The second-order valence-corrected chi connectivity index (χ2v) is 9.66. The van der Waals surface area contributed by atoms with Crippen molar-refractivity contribution in [3.8, 4) is 5.69 Å². The fourth-order valence-electron chi connectivity index (χ4n) is 3.72. The molecule has 0 spiro atoms. The Hall–Kier alpha value is -1.58. The van der Waals surface area contributed by atoms with Gasteiger partial charge in [-0.2, -0.15) is 0 Å². The molecule has 4 rings (SSSR count). The summed E-state index contributed by atoms with van der Waals surface area (Å²) in [6, 6.07) is 20.2. The molecule has 138 valence electrons. The van der Waals surface area contributed by atoms with E-state index in [2.05, 4.69) is 119 Å². The van der Waals surface area contributed by atoms with E-state index in [0.29, 0.717) is 11.8 Å². The van der Waals surface area contributed by atoms with E-state index in [-0.39, 0.29) is 0 Å². The molecule has 0 atom stereocenters. The monoisotopic (exact) mass is 483 g/mol. The van der Waals surface area contributed by atoms with Gasteiger partial charge >= 0.3 is 0 Å². The molecule has 1 aromatic heterocycles. The molecule has 0 unspecified atom stereocenters. The van der Waals surface area contributed by atoms with Crippen LogP contribution >= 0.6 is 31.9 Å². The van der Waals surface area contributed by atoms with Crippen LogP contribution in [0.1, 0.15) is 50.7 Å². The van der Waals surface area contributed by atoms with Gasteiger partial charge < -0.3 is 4.57 Å². The lowest BCUT2D eigenvalue weighted by molar-refractivity contribution is 0.868. The maximum atomic E-state index is 3.64. The van der Waals surface area contributed by atoms with Gasteiger partial charge in [-0.25, -0.2) is 0 Å². The molecular weight excluding hydrogens is 462 g/mol. The van der Waals surface area contributed by atoms with Gasteiger partial charge in [-0.1, -0.05) is 71.7 Å². The molecule has 3 aromatic carbocycles. The molecule has 0 N–H and O–H groups in total. The highest BCUT2D eigenvalue weighted by atomic mass is 79.9. The summed E-state index contributed by atoms with van der Waals surface area (Å²) < 4.78 is 4.51. The highest BCUT2D eigenvalue weighted by molar-refractivity contribution is 9.11. The van der Waals surface area contributed by atoms with Crippen LogP contribution in [0.15, 0.2) is 63.5 Å². The van der Waals surface area contributed by atoms with Gasteiger partial charge in [0.2, 0.25) is 0 Å². The normalized spacial score (nSPS) is 12.0. The van der Waals surface area contributed by atoms with Gasteiger partial charge in [-0.3, -0.25) is 0 Å². The third kappa shape index (κ3) is 3.36. The Kier molecular flexibility index (Phi) is 4.94. The third-order valence-electron chi connectivity index (χ3n) is 5.25. The van der Waals surface area contributed by atoms with Gasteiger partial charge in [-0.15, -0.1) is 0 Å². The fraction of sp³-hybridized carbons (Fsp3) is 0.250. The summed E-state index contributed by atoms with van der Waals surface area (Å²) in [5, 5.41) is 2.66. The maximum absolute atomic E-state index is 3.64. The molecule has 27 heavy (non-hydrogen) atoms. The van der Waals surface area contributed by atoms with Crippen LogP contribution in [0.4, 0.5) is 0 Å². The molecule has 0 saturated carbocycles. The number of fused-ring (bicyclic) bond motifs is 3. The van der Waals surface area contributed by atoms with Gasteiger partial charge in [0.15, 0.2) is 0 Å². The Morgan fingerprint density at radius 1 is 0.630 bits per heavy atom. The van der Waals surface area contributed by atoms with E-state index < -0.39 is 0 Å². The van der Waals surface area contributed by atoms with Crippen molar-refractivity contribution in [1.82, 2.24) is 4.57 Å². The van der Waals surface area contributed by atoms with Crippen LogP contribution in [0.5, 0.6) is 0 Å². The zero-order chi connectivity index (χ0) is 19.3. The first kappa shape index (κ1) is 18.8. The number of hydrogen-bond donors (Lipinski definition) is 0. The molecule has 1 heterocycles. The highest BCUT2D eigenvalue weighted by Crippen LogP contribution is 2.36. The number of benzene rings is 3. The first-order valence-electron chi connectivity index (χ1n) is 9.39. The van der Waals surface area contributed by atoms with Crippen molar-refractivity contribution in [2.24, 2.45) is 0 Å². The number of hydrogen-bond acceptors (Lipinski definition) is 0. The van der Waals surface area contributed by atoms with E-state index in [1.807, 2.05) is 0 Å². The van der Waals surface area contributed by atoms with Gasteiger partial charge in [0.05, 0.1) is 11.0 Å². The summed E-state index contributed by atoms with van der Waals surface area (Å²) in [6.45, 7) is 9.02. The molecule has 1 nitrogen and oxygen atoms in total. The zero-order valence-electron chi connectivity index (χ0n) is 16.1. The Bertz CT molecular complexity index is 1070. The lowest BCUT2D eigenvalue weighted by Crippen LogP contribution is -1.95. The Balaban J connectivity index is 2.13. The Morgan fingerprint density at radius 2 is 1.07 bits per heavy atom. The van der Waals surface area contributed by atoms with Gasteiger partial charge in [0.25, 0.3) is 0 Å². The topological polar surface area (TPSA) is 4.93 Å². The largest absolute Gasteiger partial charge is 0.309 e. The summed E-state index contributed by atoms with van der Waals surface area (Å²) in [5.74, 6) is 1.03. The SMILES string of the molecule is CC(C)c1ccc2c(c1)c1cc(C(C)C)ccc1n2-c1cc(Br)cc(Br)c1. The molecule has 0 aliphatic rings.